The van der Waals surface area contributed by atoms with E-state index in [1.807, 2.05) is 18.2 Å². The summed E-state index contributed by atoms with van der Waals surface area (Å²) in [5.41, 5.74) is 0.970. The molecule has 16 heavy (non-hydrogen) atoms. The van der Waals surface area contributed by atoms with Crippen molar-refractivity contribution in [2.45, 2.75) is 11.8 Å². The van der Waals surface area contributed by atoms with E-state index in [2.05, 4.69) is 9.88 Å². The van der Waals surface area contributed by atoms with Crippen molar-refractivity contribution in [1.82, 2.24) is 9.88 Å². The predicted molar refractivity (Wildman–Crippen MR) is 64.7 cm³/mol. The van der Waals surface area contributed by atoms with Gasteiger partial charge in [0.05, 0.1) is 24.3 Å². The standard InChI is InChI=1S/C12H17ClN2O/c13-11(12-3-1-2-5-14-12)4-6-15-7-9-16-10-8-15/h1-3,5,11H,4,6-10H2. The molecule has 0 N–H and O–H groups in total. The number of alkyl halides is 1. The monoisotopic (exact) mass is 240 g/mol. The van der Waals surface area contributed by atoms with Crippen LogP contribution in [0.3, 0.4) is 0 Å². The third kappa shape index (κ3) is 3.44. The molecule has 1 saturated heterocycles. The van der Waals surface area contributed by atoms with Crippen LogP contribution in [-0.4, -0.2) is 42.7 Å². The molecule has 3 nitrogen and oxygen atoms in total. The fourth-order valence-electron chi connectivity index (χ4n) is 1.83. The number of aromatic nitrogens is 1. The number of hydrogen-bond acceptors (Lipinski definition) is 3. The maximum Gasteiger partial charge on any atom is 0.0769 e. The molecule has 1 aromatic heterocycles. The molecule has 0 radical (unpaired) electrons. The van der Waals surface area contributed by atoms with Gasteiger partial charge in [-0.3, -0.25) is 9.88 Å². The minimum absolute atomic E-state index is 0.0176. The van der Waals surface area contributed by atoms with Crippen LogP contribution in [0.25, 0.3) is 0 Å². The fraction of sp³-hybridized carbons (Fsp3) is 0.583. The predicted octanol–water partition coefficient (Wildman–Crippen LogP) is 2.08. The Bertz CT molecular complexity index is 301. The van der Waals surface area contributed by atoms with Crippen LogP contribution in [0.2, 0.25) is 0 Å². The van der Waals surface area contributed by atoms with Crippen molar-refractivity contribution in [2.24, 2.45) is 0 Å². The van der Waals surface area contributed by atoms with Gasteiger partial charge in [-0.25, -0.2) is 0 Å². The number of rotatable bonds is 4. The van der Waals surface area contributed by atoms with Crippen LogP contribution >= 0.6 is 11.6 Å². The molecule has 0 bridgehead atoms. The minimum Gasteiger partial charge on any atom is -0.379 e. The third-order valence-corrected chi connectivity index (χ3v) is 3.25. The quantitative estimate of drug-likeness (QED) is 0.754. The summed E-state index contributed by atoms with van der Waals surface area (Å²) >= 11 is 6.31. The lowest BCUT2D eigenvalue weighted by molar-refractivity contribution is 0.0373. The summed E-state index contributed by atoms with van der Waals surface area (Å²) in [6.07, 6.45) is 2.73. The first-order chi connectivity index (χ1) is 7.86. The van der Waals surface area contributed by atoms with Gasteiger partial charge in [-0.1, -0.05) is 6.07 Å². The Morgan fingerprint density at radius 1 is 1.38 bits per heavy atom. The lowest BCUT2D eigenvalue weighted by atomic mass is 10.2. The Labute approximate surface area is 101 Å². The largest absolute Gasteiger partial charge is 0.379 e. The van der Waals surface area contributed by atoms with Crippen molar-refractivity contribution in [2.75, 3.05) is 32.8 Å². The van der Waals surface area contributed by atoms with Gasteiger partial charge in [0.2, 0.25) is 0 Å². The van der Waals surface area contributed by atoms with Gasteiger partial charge in [0.25, 0.3) is 0 Å². The lowest BCUT2D eigenvalue weighted by Crippen LogP contribution is -2.37. The maximum absolute atomic E-state index is 6.31. The summed E-state index contributed by atoms with van der Waals surface area (Å²) in [5.74, 6) is 0. The molecule has 4 heteroatoms. The fourth-order valence-corrected chi connectivity index (χ4v) is 2.06. The van der Waals surface area contributed by atoms with E-state index < -0.39 is 0 Å². The summed E-state index contributed by atoms with van der Waals surface area (Å²) in [4.78, 5) is 6.66. The van der Waals surface area contributed by atoms with Gasteiger partial charge in [-0.05, 0) is 18.6 Å². The Morgan fingerprint density at radius 2 is 2.19 bits per heavy atom. The maximum atomic E-state index is 6.31. The first-order valence-corrected chi connectivity index (χ1v) is 6.15. The molecule has 2 heterocycles. The minimum atomic E-state index is 0.0176. The first kappa shape index (κ1) is 11.8. The average molecular weight is 241 g/mol. The van der Waals surface area contributed by atoms with Crippen molar-refractivity contribution in [3.63, 3.8) is 0 Å². The van der Waals surface area contributed by atoms with Gasteiger partial charge in [0.1, 0.15) is 0 Å². The Kier molecular flexibility index (Phi) is 4.57. The van der Waals surface area contributed by atoms with Crippen molar-refractivity contribution >= 4 is 11.6 Å². The summed E-state index contributed by atoms with van der Waals surface area (Å²) in [6.45, 7) is 4.75. The van der Waals surface area contributed by atoms with E-state index in [0.717, 1.165) is 45.0 Å². The second-order valence-corrected chi connectivity index (χ2v) is 4.49. The highest BCUT2D eigenvalue weighted by atomic mass is 35.5. The molecular weight excluding hydrogens is 224 g/mol. The van der Waals surface area contributed by atoms with Crippen LogP contribution in [0, 0.1) is 0 Å². The van der Waals surface area contributed by atoms with Gasteiger partial charge in [-0.15, -0.1) is 11.6 Å². The molecule has 0 amide bonds. The zero-order chi connectivity index (χ0) is 11.2. The zero-order valence-corrected chi connectivity index (χ0v) is 10.1. The van der Waals surface area contributed by atoms with Crippen LogP contribution < -0.4 is 0 Å². The van der Waals surface area contributed by atoms with Crippen LogP contribution in [0.15, 0.2) is 24.4 Å². The van der Waals surface area contributed by atoms with Crippen LogP contribution in [-0.2, 0) is 4.74 Å². The SMILES string of the molecule is ClC(CCN1CCOCC1)c1ccccn1. The summed E-state index contributed by atoms with van der Waals surface area (Å²) in [6, 6.07) is 5.87. The highest BCUT2D eigenvalue weighted by Crippen LogP contribution is 2.22. The molecule has 88 valence electrons. The molecule has 1 aliphatic heterocycles. The Morgan fingerprint density at radius 3 is 2.88 bits per heavy atom. The van der Waals surface area contributed by atoms with E-state index in [0.29, 0.717) is 0 Å². The summed E-state index contributed by atoms with van der Waals surface area (Å²) < 4.78 is 5.30. The normalized spacial score (nSPS) is 19.6. The summed E-state index contributed by atoms with van der Waals surface area (Å²) in [5, 5.41) is 0.0176. The van der Waals surface area contributed by atoms with Gasteiger partial charge in [0.15, 0.2) is 0 Å². The molecule has 0 saturated carbocycles. The Hall–Kier alpha value is -0.640. The van der Waals surface area contributed by atoms with E-state index in [1.165, 1.54) is 0 Å². The number of hydrogen-bond donors (Lipinski definition) is 0. The van der Waals surface area contributed by atoms with E-state index in [4.69, 9.17) is 16.3 Å². The number of halogens is 1. The number of pyridine rings is 1. The van der Waals surface area contributed by atoms with Crippen molar-refractivity contribution < 1.29 is 4.74 Å². The second kappa shape index (κ2) is 6.18. The zero-order valence-electron chi connectivity index (χ0n) is 9.31. The highest BCUT2D eigenvalue weighted by molar-refractivity contribution is 6.20. The van der Waals surface area contributed by atoms with Crippen molar-refractivity contribution in [1.29, 1.82) is 0 Å². The number of morpholine rings is 1. The number of nitrogens with zero attached hydrogens (tertiary/aromatic N) is 2. The molecule has 1 unspecified atom stereocenters. The molecule has 2 rings (SSSR count). The molecule has 0 aliphatic carbocycles. The van der Waals surface area contributed by atoms with E-state index >= 15 is 0 Å². The van der Waals surface area contributed by atoms with Crippen LogP contribution in [0.5, 0.6) is 0 Å². The number of ether oxygens (including phenoxy) is 1. The smallest absolute Gasteiger partial charge is 0.0769 e. The van der Waals surface area contributed by atoms with Crippen LogP contribution in [0.1, 0.15) is 17.5 Å². The van der Waals surface area contributed by atoms with E-state index in [9.17, 15) is 0 Å². The molecule has 1 aromatic rings. The molecule has 0 spiro atoms. The van der Waals surface area contributed by atoms with Crippen LogP contribution in [0.4, 0.5) is 0 Å². The van der Waals surface area contributed by atoms with Crippen molar-refractivity contribution in [3.05, 3.63) is 30.1 Å². The van der Waals surface area contributed by atoms with Crippen molar-refractivity contribution in [3.8, 4) is 0 Å². The van der Waals surface area contributed by atoms with E-state index in [-0.39, 0.29) is 5.38 Å². The van der Waals surface area contributed by atoms with Gasteiger partial charge >= 0.3 is 0 Å². The van der Waals surface area contributed by atoms with Gasteiger partial charge in [0, 0.05) is 25.8 Å². The molecule has 0 aromatic carbocycles. The van der Waals surface area contributed by atoms with Gasteiger partial charge < -0.3 is 4.74 Å². The Balaban J connectivity index is 1.77. The lowest BCUT2D eigenvalue weighted by Gasteiger charge is -2.27. The topological polar surface area (TPSA) is 25.4 Å². The summed E-state index contributed by atoms with van der Waals surface area (Å²) in [7, 11) is 0. The second-order valence-electron chi connectivity index (χ2n) is 3.96. The molecular formula is C12H17ClN2O. The molecule has 1 fully saturated rings. The molecule has 1 aliphatic rings. The van der Waals surface area contributed by atoms with E-state index in [1.54, 1.807) is 6.20 Å². The molecule has 1 atom stereocenters. The third-order valence-electron chi connectivity index (χ3n) is 2.81. The average Bonchev–Trinajstić information content (AvgIpc) is 2.38. The first-order valence-electron chi connectivity index (χ1n) is 5.71. The van der Waals surface area contributed by atoms with Gasteiger partial charge in [-0.2, -0.15) is 0 Å². The highest BCUT2D eigenvalue weighted by Gasteiger charge is 2.14.